The molecule has 9 nitrogen and oxygen atoms in total. The molecule has 0 radical (unpaired) electrons. The molecular weight excluding hydrogens is 438 g/mol. The molecule has 0 bridgehead atoms. The van der Waals surface area contributed by atoms with E-state index in [-0.39, 0.29) is 12.5 Å². The standard InChI is InChI=1S/C25H25N3O6/c1-3-33-20-11-7-17(8-12-20)24(30)27-28-25(31)18-9-13-21(14-10-18)34-16-23(29)26-19-5-4-6-22(15-19)32-2/h4-15H,3,16H2,1-2H3,(H,26,29)(H,27,30)(H,28,31). The van der Waals surface area contributed by atoms with Crippen molar-refractivity contribution in [3.63, 3.8) is 0 Å². The Bertz CT molecular complexity index is 1130. The fourth-order valence-electron chi connectivity index (χ4n) is 2.88. The molecule has 9 heteroatoms. The van der Waals surface area contributed by atoms with Crippen molar-refractivity contribution in [3.05, 3.63) is 83.9 Å². The summed E-state index contributed by atoms with van der Waals surface area (Å²) >= 11 is 0. The van der Waals surface area contributed by atoms with Gasteiger partial charge >= 0.3 is 0 Å². The molecule has 0 unspecified atom stereocenters. The molecule has 0 aliphatic heterocycles. The summed E-state index contributed by atoms with van der Waals surface area (Å²) in [4.78, 5) is 36.6. The second kappa shape index (κ2) is 11.9. The normalized spacial score (nSPS) is 10.1. The predicted molar refractivity (Wildman–Crippen MR) is 126 cm³/mol. The van der Waals surface area contributed by atoms with Crippen LogP contribution in [0.4, 0.5) is 5.69 Å². The Morgan fingerprint density at radius 2 is 1.29 bits per heavy atom. The highest BCUT2D eigenvalue weighted by Crippen LogP contribution is 2.17. The van der Waals surface area contributed by atoms with E-state index in [9.17, 15) is 14.4 Å². The maximum atomic E-state index is 12.3. The highest BCUT2D eigenvalue weighted by Gasteiger charge is 2.10. The van der Waals surface area contributed by atoms with Crippen LogP contribution in [0.25, 0.3) is 0 Å². The highest BCUT2D eigenvalue weighted by atomic mass is 16.5. The molecule has 3 rings (SSSR count). The summed E-state index contributed by atoms with van der Waals surface area (Å²) in [5, 5.41) is 2.71. The lowest BCUT2D eigenvalue weighted by molar-refractivity contribution is -0.118. The molecule has 0 atom stereocenters. The first-order valence-electron chi connectivity index (χ1n) is 10.5. The number of amides is 3. The summed E-state index contributed by atoms with van der Waals surface area (Å²) in [6.07, 6.45) is 0. The average molecular weight is 463 g/mol. The first kappa shape index (κ1) is 24.1. The van der Waals surface area contributed by atoms with Crippen molar-refractivity contribution >= 4 is 23.4 Å². The van der Waals surface area contributed by atoms with Crippen molar-refractivity contribution in [2.75, 3.05) is 25.6 Å². The van der Waals surface area contributed by atoms with Crippen molar-refractivity contribution in [3.8, 4) is 17.2 Å². The maximum absolute atomic E-state index is 12.3. The van der Waals surface area contributed by atoms with E-state index in [1.807, 2.05) is 6.92 Å². The quantitative estimate of drug-likeness (QED) is 0.420. The average Bonchev–Trinajstić information content (AvgIpc) is 2.87. The van der Waals surface area contributed by atoms with E-state index >= 15 is 0 Å². The Morgan fingerprint density at radius 3 is 1.82 bits per heavy atom. The van der Waals surface area contributed by atoms with Gasteiger partial charge in [0.05, 0.1) is 13.7 Å². The third-order valence-corrected chi connectivity index (χ3v) is 4.56. The zero-order chi connectivity index (χ0) is 24.3. The van der Waals surface area contributed by atoms with Gasteiger partial charge in [0.25, 0.3) is 17.7 Å². The number of rotatable bonds is 9. The number of carbonyl (C=O) groups is 3. The number of methoxy groups -OCH3 is 1. The number of hydrogen-bond acceptors (Lipinski definition) is 6. The van der Waals surface area contributed by atoms with Crippen LogP contribution in [0.2, 0.25) is 0 Å². The fourth-order valence-corrected chi connectivity index (χ4v) is 2.88. The van der Waals surface area contributed by atoms with Crippen LogP contribution in [-0.2, 0) is 4.79 Å². The monoisotopic (exact) mass is 463 g/mol. The van der Waals surface area contributed by atoms with Crippen LogP contribution in [0.15, 0.2) is 72.8 Å². The highest BCUT2D eigenvalue weighted by molar-refractivity contribution is 5.99. The van der Waals surface area contributed by atoms with Gasteiger partial charge in [-0.25, -0.2) is 0 Å². The number of hydrogen-bond donors (Lipinski definition) is 3. The van der Waals surface area contributed by atoms with Gasteiger partial charge in [0, 0.05) is 22.9 Å². The van der Waals surface area contributed by atoms with Crippen molar-refractivity contribution in [1.29, 1.82) is 0 Å². The second-order valence-corrected chi connectivity index (χ2v) is 6.96. The molecule has 0 fully saturated rings. The SMILES string of the molecule is CCOc1ccc(C(=O)NNC(=O)c2ccc(OCC(=O)Nc3cccc(OC)c3)cc2)cc1. The molecule has 3 amide bonds. The largest absolute Gasteiger partial charge is 0.497 e. The van der Waals surface area contributed by atoms with E-state index in [2.05, 4.69) is 16.2 Å². The smallest absolute Gasteiger partial charge is 0.269 e. The minimum atomic E-state index is -0.499. The van der Waals surface area contributed by atoms with Crippen LogP contribution in [0.1, 0.15) is 27.6 Å². The molecule has 3 aromatic carbocycles. The van der Waals surface area contributed by atoms with Gasteiger partial charge in [-0.2, -0.15) is 0 Å². The Kier molecular flexibility index (Phi) is 8.45. The Balaban J connectivity index is 1.45. The zero-order valence-corrected chi connectivity index (χ0v) is 18.8. The summed E-state index contributed by atoms with van der Waals surface area (Å²) in [7, 11) is 1.55. The molecule has 0 saturated heterocycles. The first-order chi connectivity index (χ1) is 16.5. The Labute approximate surface area is 197 Å². The van der Waals surface area contributed by atoms with Crippen LogP contribution in [0.3, 0.4) is 0 Å². The Hall–Kier alpha value is -4.53. The minimum Gasteiger partial charge on any atom is -0.497 e. The van der Waals surface area contributed by atoms with Crippen LogP contribution in [-0.4, -0.2) is 38.0 Å². The lowest BCUT2D eigenvalue weighted by atomic mass is 10.2. The third-order valence-electron chi connectivity index (χ3n) is 4.56. The number of benzene rings is 3. The topological polar surface area (TPSA) is 115 Å². The number of nitrogens with one attached hydrogen (secondary N) is 3. The first-order valence-corrected chi connectivity index (χ1v) is 10.5. The van der Waals surface area contributed by atoms with E-state index in [0.29, 0.717) is 40.7 Å². The molecule has 0 saturated carbocycles. The van der Waals surface area contributed by atoms with Gasteiger partial charge in [-0.05, 0) is 67.6 Å². The minimum absolute atomic E-state index is 0.207. The zero-order valence-electron chi connectivity index (χ0n) is 18.8. The summed E-state index contributed by atoms with van der Waals surface area (Å²) < 4.78 is 15.9. The van der Waals surface area contributed by atoms with Crippen molar-refractivity contribution in [2.45, 2.75) is 6.92 Å². The number of ether oxygens (including phenoxy) is 3. The molecular formula is C25H25N3O6. The van der Waals surface area contributed by atoms with Crippen LogP contribution >= 0.6 is 0 Å². The molecule has 0 heterocycles. The second-order valence-electron chi connectivity index (χ2n) is 6.96. The Morgan fingerprint density at radius 1 is 0.735 bits per heavy atom. The van der Waals surface area contributed by atoms with Crippen molar-refractivity contribution in [2.24, 2.45) is 0 Å². The number of carbonyl (C=O) groups excluding carboxylic acids is 3. The molecule has 0 aliphatic carbocycles. The summed E-state index contributed by atoms with van der Waals surface area (Å²) in [6, 6.07) is 19.7. The fraction of sp³-hybridized carbons (Fsp3) is 0.160. The molecule has 0 spiro atoms. The lowest BCUT2D eigenvalue weighted by Crippen LogP contribution is -2.41. The molecule has 3 aromatic rings. The lowest BCUT2D eigenvalue weighted by Gasteiger charge is -2.10. The van der Waals surface area contributed by atoms with Gasteiger partial charge < -0.3 is 19.5 Å². The molecule has 3 N–H and O–H groups in total. The molecule has 0 aliphatic rings. The molecule has 0 aromatic heterocycles. The molecule has 176 valence electrons. The molecule has 34 heavy (non-hydrogen) atoms. The third kappa shape index (κ3) is 6.99. The van der Waals surface area contributed by atoms with Crippen LogP contribution in [0, 0.1) is 0 Å². The van der Waals surface area contributed by atoms with Crippen LogP contribution in [0.5, 0.6) is 17.2 Å². The summed E-state index contributed by atoms with van der Waals surface area (Å²) in [5.74, 6) is 0.397. The van der Waals surface area contributed by atoms with E-state index < -0.39 is 11.8 Å². The van der Waals surface area contributed by atoms with Gasteiger partial charge in [-0.15, -0.1) is 0 Å². The summed E-state index contributed by atoms with van der Waals surface area (Å²) in [5.41, 5.74) is 5.99. The van der Waals surface area contributed by atoms with Gasteiger partial charge in [-0.3, -0.25) is 25.2 Å². The number of hydrazine groups is 1. The van der Waals surface area contributed by atoms with Gasteiger partial charge in [0.15, 0.2) is 6.61 Å². The van der Waals surface area contributed by atoms with Gasteiger partial charge in [-0.1, -0.05) is 6.07 Å². The van der Waals surface area contributed by atoms with Crippen molar-refractivity contribution < 1.29 is 28.6 Å². The van der Waals surface area contributed by atoms with Gasteiger partial charge in [0.1, 0.15) is 17.2 Å². The van der Waals surface area contributed by atoms with Crippen molar-refractivity contribution in [1.82, 2.24) is 10.9 Å². The van der Waals surface area contributed by atoms with E-state index in [4.69, 9.17) is 14.2 Å². The predicted octanol–water partition coefficient (Wildman–Crippen LogP) is 3.19. The van der Waals surface area contributed by atoms with E-state index in [1.165, 1.54) is 12.1 Å². The van der Waals surface area contributed by atoms with E-state index in [0.717, 1.165) is 0 Å². The van der Waals surface area contributed by atoms with Gasteiger partial charge in [0.2, 0.25) is 0 Å². The van der Waals surface area contributed by atoms with E-state index in [1.54, 1.807) is 67.8 Å². The number of anilines is 1. The maximum Gasteiger partial charge on any atom is 0.269 e. The van der Waals surface area contributed by atoms with Crippen LogP contribution < -0.4 is 30.4 Å². The summed E-state index contributed by atoms with van der Waals surface area (Å²) in [6.45, 7) is 2.19.